The second-order valence-electron chi connectivity index (χ2n) is 5.95. The summed E-state index contributed by atoms with van der Waals surface area (Å²) >= 11 is 6.04. The number of benzene rings is 2. The highest BCUT2D eigenvalue weighted by atomic mass is 35.5. The van der Waals surface area contributed by atoms with Crippen LogP contribution in [0.15, 0.2) is 60.8 Å². The molecule has 8 heteroatoms. The first kappa shape index (κ1) is 19.3. The molecule has 1 amide bonds. The Labute approximate surface area is 165 Å². The van der Waals surface area contributed by atoms with Gasteiger partial charge < -0.3 is 10.4 Å². The number of nitrogens with one attached hydrogen (secondary N) is 1. The molecule has 0 atom stereocenters. The fraction of sp³-hybridized carbons (Fsp3) is 0.100. The van der Waals surface area contributed by atoms with Gasteiger partial charge in [-0.3, -0.25) is 19.1 Å². The van der Waals surface area contributed by atoms with Crippen molar-refractivity contribution >= 4 is 34.9 Å². The van der Waals surface area contributed by atoms with Crippen LogP contribution >= 0.6 is 11.6 Å². The fourth-order valence-corrected chi connectivity index (χ4v) is 2.73. The van der Waals surface area contributed by atoms with Gasteiger partial charge in [-0.25, -0.2) is 0 Å². The number of aryl methyl sites for hydroxylation is 1. The van der Waals surface area contributed by atoms with Crippen LogP contribution in [0.2, 0.25) is 5.02 Å². The van der Waals surface area contributed by atoms with E-state index in [0.717, 1.165) is 0 Å². The summed E-state index contributed by atoms with van der Waals surface area (Å²) in [7, 11) is 0. The minimum absolute atomic E-state index is 0.102. The molecule has 0 radical (unpaired) electrons. The molecule has 3 aromatic rings. The summed E-state index contributed by atoms with van der Waals surface area (Å²) in [6, 6.07) is 14.8. The Hall–Kier alpha value is -3.45. The van der Waals surface area contributed by atoms with E-state index in [1.165, 1.54) is 23.0 Å². The number of hydrogen-bond donors (Lipinski definition) is 2. The number of aromatic nitrogens is 2. The number of halogens is 1. The first-order valence-electron chi connectivity index (χ1n) is 8.40. The summed E-state index contributed by atoms with van der Waals surface area (Å²) in [4.78, 5) is 36.0. The normalized spacial score (nSPS) is 10.5. The maximum absolute atomic E-state index is 12.8. The minimum atomic E-state index is -0.952. The standard InChI is InChI=1S/C20H16ClN3O4/c21-14-6-7-16(15(12-14)19(27)13-4-2-1-3-5-13)22-20(28)17-8-10-24(23-17)11-9-18(25)26/h1-8,10,12H,9,11H2,(H,22,28)(H,25,26). The molecule has 2 N–H and O–H groups in total. The number of carboxylic acid groups (broad SMARTS) is 1. The van der Waals surface area contributed by atoms with Gasteiger partial charge in [-0.05, 0) is 24.3 Å². The Morgan fingerprint density at radius 3 is 2.54 bits per heavy atom. The van der Waals surface area contributed by atoms with Crippen molar-refractivity contribution in [1.29, 1.82) is 0 Å². The lowest BCUT2D eigenvalue weighted by atomic mass is 10.0. The zero-order valence-electron chi connectivity index (χ0n) is 14.6. The number of hydrogen-bond acceptors (Lipinski definition) is 4. The van der Waals surface area contributed by atoms with Crippen LogP contribution in [0.3, 0.4) is 0 Å². The highest BCUT2D eigenvalue weighted by molar-refractivity contribution is 6.31. The van der Waals surface area contributed by atoms with Gasteiger partial charge in [0, 0.05) is 22.3 Å². The molecule has 0 saturated carbocycles. The number of carbonyl (C=O) groups is 3. The van der Waals surface area contributed by atoms with E-state index in [4.69, 9.17) is 16.7 Å². The lowest BCUT2D eigenvalue weighted by molar-refractivity contribution is -0.137. The SMILES string of the molecule is O=C(O)CCn1ccc(C(=O)Nc2ccc(Cl)cc2C(=O)c2ccccc2)n1. The van der Waals surface area contributed by atoms with Gasteiger partial charge in [-0.15, -0.1) is 0 Å². The van der Waals surface area contributed by atoms with Crippen LogP contribution in [-0.2, 0) is 11.3 Å². The van der Waals surface area contributed by atoms with Gasteiger partial charge in [0.2, 0.25) is 0 Å². The molecule has 1 heterocycles. The Balaban J connectivity index is 1.82. The maximum Gasteiger partial charge on any atom is 0.305 e. The molecular formula is C20H16ClN3O4. The molecule has 0 aliphatic rings. The van der Waals surface area contributed by atoms with Crippen LogP contribution < -0.4 is 5.32 Å². The number of carbonyl (C=O) groups excluding carboxylic acids is 2. The minimum Gasteiger partial charge on any atom is -0.481 e. The fourth-order valence-electron chi connectivity index (χ4n) is 2.56. The number of anilines is 1. The number of rotatable bonds is 7. The maximum atomic E-state index is 12.8. The molecular weight excluding hydrogens is 382 g/mol. The molecule has 0 aliphatic carbocycles. The predicted octanol–water partition coefficient (Wildman–Crippen LogP) is 3.49. The third-order valence-electron chi connectivity index (χ3n) is 3.94. The van der Waals surface area contributed by atoms with Crippen LogP contribution in [0.4, 0.5) is 5.69 Å². The molecule has 0 aliphatic heterocycles. The Kier molecular flexibility index (Phi) is 5.86. The second-order valence-corrected chi connectivity index (χ2v) is 6.38. The molecule has 28 heavy (non-hydrogen) atoms. The molecule has 3 rings (SSSR count). The summed E-state index contributed by atoms with van der Waals surface area (Å²) in [6.07, 6.45) is 1.42. The van der Waals surface area contributed by atoms with Crippen LogP contribution in [0, 0.1) is 0 Å². The largest absolute Gasteiger partial charge is 0.481 e. The smallest absolute Gasteiger partial charge is 0.305 e. The molecule has 2 aromatic carbocycles. The monoisotopic (exact) mass is 397 g/mol. The average molecular weight is 398 g/mol. The first-order chi connectivity index (χ1) is 13.4. The van der Waals surface area contributed by atoms with E-state index in [2.05, 4.69) is 10.4 Å². The van der Waals surface area contributed by atoms with Gasteiger partial charge >= 0.3 is 5.97 Å². The van der Waals surface area contributed by atoms with E-state index >= 15 is 0 Å². The third-order valence-corrected chi connectivity index (χ3v) is 4.17. The van der Waals surface area contributed by atoms with E-state index in [1.807, 2.05) is 0 Å². The van der Waals surface area contributed by atoms with Gasteiger partial charge in [0.25, 0.3) is 5.91 Å². The summed E-state index contributed by atoms with van der Waals surface area (Å²) in [5.74, 6) is -1.74. The highest BCUT2D eigenvalue weighted by Crippen LogP contribution is 2.24. The zero-order valence-corrected chi connectivity index (χ0v) is 15.4. The van der Waals surface area contributed by atoms with Crippen molar-refractivity contribution in [2.75, 3.05) is 5.32 Å². The van der Waals surface area contributed by atoms with E-state index in [1.54, 1.807) is 42.5 Å². The molecule has 0 saturated heterocycles. The van der Waals surface area contributed by atoms with Crippen molar-refractivity contribution in [1.82, 2.24) is 9.78 Å². The Morgan fingerprint density at radius 1 is 1.07 bits per heavy atom. The van der Waals surface area contributed by atoms with Crippen molar-refractivity contribution in [3.8, 4) is 0 Å². The van der Waals surface area contributed by atoms with Gasteiger partial charge in [-0.2, -0.15) is 5.10 Å². The lowest BCUT2D eigenvalue weighted by Gasteiger charge is -2.10. The number of aliphatic carboxylic acids is 1. The van der Waals surface area contributed by atoms with Crippen molar-refractivity contribution in [3.63, 3.8) is 0 Å². The summed E-state index contributed by atoms with van der Waals surface area (Å²) in [5.41, 5.74) is 1.15. The Morgan fingerprint density at radius 2 is 1.82 bits per heavy atom. The van der Waals surface area contributed by atoms with Crippen molar-refractivity contribution in [2.24, 2.45) is 0 Å². The van der Waals surface area contributed by atoms with Gasteiger partial charge in [0.1, 0.15) is 0 Å². The highest BCUT2D eigenvalue weighted by Gasteiger charge is 2.18. The van der Waals surface area contributed by atoms with Crippen LogP contribution in [0.25, 0.3) is 0 Å². The Bertz CT molecular complexity index is 1030. The third kappa shape index (κ3) is 4.63. The quantitative estimate of drug-likeness (QED) is 0.594. The summed E-state index contributed by atoms with van der Waals surface area (Å²) in [6.45, 7) is 0.154. The van der Waals surface area contributed by atoms with Gasteiger partial charge in [0.15, 0.2) is 11.5 Å². The number of nitrogens with zero attached hydrogens (tertiary/aromatic N) is 2. The van der Waals surface area contributed by atoms with Crippen molar-refractivity contribution < 1.29 is 19.5 Å². The molecule has 1 aromatic heterocycles. The molecule has 0 fully saturated rings. The van der Waals surface area contributed by atoms with Crippen LogP contribution in [0.1, 0.15) is 32.8 Å². The van der Waals surface area contributed by atoms with Crippen LogP contribution in [-0.4, -0.2) is 32.5 Å². The van der Waals surface area contributed by atoms with E-state index in [-0.39, 0.29) is 30.0 Å². The number of ketones is 1. The van der Waals surface area contributed by atoms with E-state index in [9.17, 15) is 14.4 Å². The second kappa shape index (κ2) is 8.49. The molecule has 142 valence electrons. The predicted molar refractivity (Wildman–Crippen MR) is 104 cm³/mol. The summed E-state index contributed by atoms with van der Waals surface area (Å²) in [5, 5.41) is 15.8. The van der Waals surface area contributed by atoms with E-state index < -0.39 is 11.9 Å². The van der Waals surface area contributed by atoms with Crippen molar-refractivity contribution in [3.05, 3.63) is 82.6 Å². The topological polar surface area (TPSA) is 101 Å². The first-order valence-corrected chi connectivity index (χ1v) is 8.78. The lowest BCUT2D eigenvalue weighted by Crippen LogP contribution is -2.16. The van der Waals surface area contributed by atoms with Gasteiger partial charge in [-0.1, -0.05) is 41.9 Å². The molecule has 0 bridgehead atoms. The summed E-state index contributed by atoms with van der Waals surface area (Å²) < 4.78 is 1.38. The molecule has 0 unspecified atom stereocenters. The molecule has 7 nitrogen and oxygen atoms in total. The number of amides is 1. The average Bonchev–Trinajstić information content (AvgIpc) is 3.17. The van der Waals surface area contributed by atoms with E-state index in [0.29, 0.717) is 16.3 Å². The zero-order chi connectivity index (χ0) is 20.1. The van der Waals surface area contributed by atoms with Crippen molar-refractivity contribution in [2.45, 2.75) is 13.0 Å². The molecule has 0 spiro atoms. The number of carboxylic acids is 1. The van der Waals surface area contributed by atoms with Gasteiger partial charge in [0.05, 0.1) is 18.7 Å². The van der Waals surface area contributed by atoms with Crippen LogP contribution in [0.5, 0.6) is 0 Å².